The Labute approximate surface area is 163 Å². The molecule has 27 heavy (non-hydrogen) atoms. The van der Waals surface area contributed by atoms with Gasteiger partial charge in [-0.15, -0.1) is 0 Å². The van der Waals surface area contributed by atoms with Crippen molar-refractivity contribution in [2.24, 2.45) is 5.41 Å². The molecule has 3 rings (SSSR count). The lowest BCUT2D eigenvalue weighted by Gasteiger charge is -2.35. The largest absolute Gasteiger partial charge is 0.466 e. The maximum atomic E-state index is 12.4. The van der Waals surface area contributed by atoms with Crippen LogP contribution in [0.1, 0.15) is 68.8 Å². The maximum Gasteiger partial charge on any atom is 0.311 e. The summed E-state index contributed by atoms with van der Waals surface area (Å²) in [5.41, 5.74) is 3.89. The Morgan fingerprint density at radius 3 is 2.81 bits per heavy atom. The van der Waals surface area contributed by atoms with E-state index in [9.17, 15) is 4.79 Å². The van der Waals surface area contributed by atoms with E-state index in [2.05, 4.69) is 28.9 Å². The number of likely N-dealkylation sites (N-methyl/N-ethyl adjacent to an activating group) is 2. The van der Waals surface area contributed by atoms with Gasteiger partial charge in [0.2, 0.25) is 0 Å². The van der Waals surface area contributed by atoms with Crippen LogP contribution in [0.4, 0.5) is 0 Å². The number of aromatic nitrogens is 2. The van der Waals surface area contributed by atoms with Crippen molar-refractivity contribution >= 4 is 5.97 Å². The Hall–Kier alpha value is -1.40. The Bertz CT molecular complexity index is 647. The van der Waals surface area contributed by atoms with Crippen LogP contribution in [0.5, 0.6) is 0 Å². The van der Waals surface area contributed by atoms with Gasteiger partial charge in [0, 0.05) is 37.4 Å². The predicted molar refractivity (Wildman–Crippen MR) is 107 cm³/mol. The number of rotatable bonds is 8. The lowest BCUT2D eigenvalue weighted by atomic mass is 9.69. The number of nitrogens with one attached hydrogen (secondary N) is 1. The molecule has 0 saturated heterocycles. The van der Waals surface area contributed by atoms with Gasteiger partial charge in [0.25, 0.3) is 0 Å². The van der Waals surface area contributed by atoms with E-state index in [0.29, 0.717) is 12.5 Å². The molecule has 152 valence electrons. The lowest BCUT2D eigenvalue weighted by molar-refractivity contribution is -0.156. The first-order valence-corrected chi connectivity index (χ1v) is 10.6. The summed E-state index contributed by atoms with van der Waals surface area (Å²) in [6.45, 7) is 8.40. The minimum absolute atomic E-state index is 0.0179. The van der Waals surface area contributed by atoms with Crippen molar-refractivity contribution in [3.63, 3.8) is 0 Å². The highest BCUT2D eigenvalue weighted by Gasteiger charge is 2.41. The first-order chi connectivity index (χ1) is 13.0. The third-order valence-corrected chi connectivity index (χ3v) is 6.39. The first kappa shape index (κ1) is 20.3. The molecule has 0 aromatic carbocycles. The summed E-state index contributed by atoms with van der Waals surface area (Å²) in [6, 6.07) is 0. The summed E-state index contributed by atoms with van der Waals surface area (Å²) in [5.74, 6) is 0.512. The number of carbonyl (C=O) groups is 1. The minimum Gasteiger partial charge on any atom is -0.466 e. The van der Waals surface area contributed by atoms with Crippen molar-refractivity contribution in [1.82, 2.24) is 20.0 Å². The molecule has 1 fully saturated rings. The average molecular weight is 377 g/mol. The van der Waals surface area contributed by atoms with Crippen LogP contribution in [0, 0.1) is 5.41 Å². The van der Waals surface area contributed by atoms with Crippen LogP contribution in [0.25, 0.3) is 0 Å². The summed E-state index contributed by atoms with van der Waals surface area (Å²) in [5, 5.41) is 8.20. The number of fused-ring (bicyclic) bond motifs is 1. The molecule has 0 radical (unpaired) electrons. The van der Waals surface area contributed by atoms with Gasteiger partial charge in [0.15, 0.2) is 0 Å². The fourth-order valence-corrected chi connectivity index (χ4v) is 4.69. The third kappa shape index (κ3) is 4.37. The molecule has 2 aliphatic rings. The van der Waals surface area contributed by atoms with E-state index in [1.54, 1.807) is 0 Å². The maximum absolute atomic E-state index is 12.4. The van der Waals surface area contributed by atoms with Crippen molar-refractivity contribution < 1.29 is 9.53 Å². The SMILES string of the molecule is CCOC(=O)C1(C)CCC(c2c(CN(C)CCNC)nn3c2CCC3)CC1. The van der Waals surface area contributed by atoms with Gasteiger partial charge in [-0.25, -0.2) is 0 Å². The van der Waals surface area contributed by atoms with Crippen LogP contribution >= 0.6 is 0 Å². The van der Waals surface area contributed by atoms with E-state index in [1.807, 2.05) is 14.0 Å². The smallest absolute Gasteiger partial charge is 0.311 e. The van der Waals surface area contributed by atoms with Gasteiger partial charge in [0.1, 0.15) is 0 Å². The molecule has 1 aromatic rings. The summed E-state index contributed by atoms with van der Waals surface area (Å²) in [7, 11) is 4.16. The van der Waals surface area contributed by atoms with E-state index in [0.717, 1.165) is 58.3 Å². The summed E-state index contributed by atoms with van der Waals surface area (Å²) in [4.78, 5) is 14.7. The number of nitrogens with zero attached hydrogens (tertiary/aromatic N) is 3. The number of esters is 1. The Kier molecular flexibility index (Phi) is 6.58. The highest BCUT2D eigenvalue weighted by atomic mass is 16.5. The number of hydrogen-bond donors (Lipinski definition) is 1. The molecule has 1 aromatic heterocycles. The third-order valence-electron chi connectivity index (χ3n) is 6.39. The Morgan fingerprint density at radius 2 is 2.15 bits per heavy atom. The first-order valence-electron chi connectivity index (χ1n) is 10.6. The van der Waals surface area contributed by atoms with Crippen LogP contribution in [-0.2, 0) is 29.0 Å². The van der Waals surface area contributed by atoms with Crippen LogP contribution in [0.2, 0.25) is 0 Å². The molecule has 1 aliphatic carbocycles. The fraction of sp³-hybridized carbons (Fsp3) is 0.810. The second kappa shape index (κ2) is 8.74. The van der Waals surface area contributed by atoms with Crippen molar-refractivity contribution in [2.75, 3.05) is 33.8 Å². The highest BCUT2D eigenvalue weighted by molar-refractivity contribution is 5.76. The van der Waals surface area contributed by atoms with E-state index in [-0.39, 0.29) is 11.4 Å². The minimum atomic E-state index is -0.313. The molecular formula is C21H36N4O2. The van der Waals surface area contributed by atoms with E-state index in [1.165, 1.54) is 23.4 Å². The van der Waals surface area contributed by atoms with Crippen LogP contribution < -0.4 is 5.32 Å². The van der Waals surface area contributed by atoms with Crippen molar-refractivity contribution in [1.29, 1.82) is 0 Å². The van der Waals surface area contributed by atoms with Gasteiger partial charge in [0.05, 0.1) is 17.7 Å². The van der Waals surface area contributed by atoms with Gasteiger partial charge in [-0.2, -0.15) is 5.10 Å². The zero-order valence-corrected chi connectivity index (χ0v) is 17.5. The van der Waals surface area contributed by atoms with Crippen LogP contribution in [-0.4, -0.2) is 54.4 Å². The molecular weight excluding hydrogens is 340 g/mol. The van der Waals surface area contributed by atoms with Gasteiger partial charge < -0.3 is 10.1 Å². The van der Waals surface area contributed by atoms with E-state index in [4.69, 9.17) is 9.84 Å². The zero-order chi connectivity index (χ0) is 19.4. The lowest BCUT2D eigenvalue weighted by Crippen LogP contribution is -2.34. The molecule has 2 heterocycles. The van der Waals surface area contributed by atoms with Gasteiger partial charge in [-0.3, -0.25) is 14.4 Å². The number of hydrogen-bond acceptors (Lipinski definition) is 5. The molecule has 0 atom stereocenters. The Morgan fingerprint density at radius 1 is 1.41 bits per heavy atom. The summed E-state index contributed by atoms with van der Waals surface area (Å²) < 4.78 is 7.58. The molecule has 0 unspecified atom stereocenters. The molecule has 6 heteroatoms. The molecule has 6 nitrogen and oxygen atoms in total. The second-order valence-corrected chi connectivity index (χ2v) is 8.53. The summed E-state index contributed by atoms with van der Waals surface area (Å²) in [6.07, 6.45) is 6.29. The predicted octanol–water partition coefficient (Wildman–Crippen LogP) is 2.71. The summed E-state index contributed by atoms with van der Waals surface area (Å²) >= 11 is 0. The fourth-order valence-electron chi connectivity index (χ4n) is 4.69. The second-order valence-electron chi connectivity index (χ2n) is 8.53. The standard InChI is InChI=1S/C21H36N4O2/c1-5-27-20(26)21(2)10-8-16(9-11-21)19-17(15-24(4)14-12-22-3)23-25-13-6-7-18(19)25/h16,22H,5-15H2,1-4H3. The number of ether oxygens (including phenoxy) is 1. The van der Waals surface area contributed by atoms with Crippen LogP contribution in [0.3, 0.4) is 0 Å². The normalized spacial score (nSPS) is 25.0. The van der Waals surface area contributed by atoms with Crippen LogP contribution in [0.15, 0.2) is 0 Å². The van der Waals surface area contributed by atoms with Gasteiger partial charge >= 0.3 is 5.97 Å². The van der Waals surface area contributed by atoms with Gasteiger partial charge in [-0.1, -0.05) is 0 Å². The van der Waals surface area contributed by atoms with Gasteiger partial charge in [-0.05, 0) is 72.4 Å². The monoisotopic (exact) mass is 376 g/mol. The highest BCUT2D eigenvalue weighted by Crippen LogP contribution is 2.46. The average Bonchev–Trinajstić information content (AvgIpc) is 3.22. The van der Waals surface area contributed by atoms with Crippen molar-refractivity contribution in [3.8, 4) is 0 Å². The number of aryl methyl sites for hydroxylation is 1. The van der Waals surface area contributed by atoms with Crippen molar-refractivity contribution in [3.05, 3.63) is 17.0 Å². The van der Waals surface area contributed by atoms with E-state index < -0.39 is 0 Å². The van der Waals surface area contributed by atoms with E-state index >= 15 is 0 Å². The quantitative estimate of drug-likeness (QED) is 0.707. The number of carbonyl (C=O) groups excluding carboxylic acids is 1. The molecule has 1 aliphatic heterocycles. The zero-order valence-electron chi connectivity index (χ0n) is 17.5. The molecule has 0 bridgehead atoms. The Balaban J connectivity index is 1.74. The molecule has 0 spiro atoms. The molecule has 1 N–H and O–H groups in total. The van der Waals surface area contributed by atoms with Crippen molar-refractivity contribution in [2.45, 2.75) is 71.4 Å². The molecule has 0 amide bonds. The topological polar surface area (TPSA) is 59.4 Å². The molecule has 1 saturated carbocycles.